The zero-order chi connectivity index (χ0) is 12.5. The van der Waals surface area contributed by atoms with Crippen LogP contribution < -0.4 is 5.32 Å². The Bertz CT molecular complexity index is 634. The Balaban J connectivity index is 2.16. The maximum absolute atomic E-state index is 11.6. The first-order valence-electron chi connectivity index (χ1n) is 5.43. The summed E-state index contributed by atoms with van der Waals surface area (Å²) in [6, 6.07) is 11.6. The summed E-state index contributed by atoms with van der Waals surface area (Å²) in [6.45, 7) is 0.142. The highest BCUT2D eigenvalue weighted by atomic mass is 35.5. The topological polar surface area (TPSA) is 41.5 Å². The number of hydrogen-bond acceptors (Lipinski definition) is 3. The average Bonchev–Trinajstić information content (AvgIpc) is 2.64. The van der Waals surface area contributed by atoms with E-state index < -0.39 is 0 Å². The highest BCUT2D eigenvalue weighted by Crippen LogP contribution is 2.34. The summed E-state index contributed by atoms with van der Waals surface area (Å²) in [4.78, 5) is 16.0. The fourth-order valence-electron chi connectivity index (χ4n) is 1.87. The first-order chi connectivity index (χ1) is 8.74. The van der Waals surface area contributed by atoms with E-state index >= 15 is 0 Å². The number of halogens is 1. The summed E-state index contributed by atoms with van der Waals surface area (Å²) in [5.74, 6) is -0.110. The fraction of sp³-hybridized carbons (Fsp3) is 0.0769. The zero-order valence-corrected chi connectivity index (χ0v) is 10.9. The summed E-state index contributed by atoms with van der Waals surface area (Å²) in [7, 11) is 0. The molecule has 2 aromatic rings. The molecule has 3 nitrogen and oxygen atoms in total. The molecule has 5 heteroatoms. The van der Waals surface area contributed by atoms with Crippen molar-refractivity contribution in [1.82, 2.24) is 0 Å². The van der Waals surface area contributed by atoms with Crippen molar-refractivity contribution in [2.24, 2.45) is 4.99 Å². The Kier molecular flexibility index (Phi) is 2.89. The monoisotopic (exact) mass is 276 g/mol. The normalized spacial score (nSPS) is 14.5. The van der Waals surface area contributed by atoms with E-state index in [1.54, 1.807) is 0 Å². The maximum Gasteiger partial charge on any atom is 0.246 e. The van der Waals surface area contributed by atoms with Crippen LogP contribution in [-0.2, 0) is 4.79 Å². The van der Waals surface area contributed by atoms with Crippen molar-refractivity contribution in [2.45, 2.75) is 0 Å². The minimum atomic E-state index is -0.110. The molecular formula is C13H9ClN2OS. The van der Waals surface area contributed by atoms with E-state index in [0.717, 1.165) is 21.8 Å². The minimum absolute atomic E-state index is 0.110. The number of thiophene rings is 1. The Morgan fingerprint density at radius 3 is 2.83 bits per heavy atom. The van der Waals surface area contributed by atoms with Crippen LogP contribution in [0.5, 0.6) is 0 Å². The van der Waals surface area contributed by atoms with E-state index in [-0.39, 0.29) is 12.5 Å². The van der Waals surface area contributed by atoms with Gasteiger partial charge in [0.2, 0.25) is 5.91 Å². The van der Waals surface area contributed by atoms with Crippen LogP contribution in [0.25, 0.3) is 0 Å². The summed E-state index contributed by atoms with van der Waals surface area (Å²) >= 11 is 7.38. The van der Waals surface area contributed by atoms with Crippen molar-refractivity contribution in [2.75, 3.05) is 11.9 Å². The quantitative estimate of drug-likeness (QED) is 0.854. The maximum atomic E-state index is 11.6. The molecule has 0 saturated carbocycles. The van der Waals surface area contributed by atoms with Gasteiger partial charge in [-0.25, -0.2) is 0 Å². The van der Waals surface area contributed by atoms with Gasteiger partial charge in [0.1, 0.15) is 11.5 Å². The van der Waals surface area contributed by atoms with Gasteiger partial charge in [-0.2, -0.15) is 0 Å². The number of nitrogens with one attached hydrogen (secondary N) is 1. The highest BCUT2D eigenvalue weighted by Gasteiger charge is 2.20. The van der Waals surface area contributed by atoms with Crippen molar-refractivity contribution < 1.29 is 4.79 Å². The first kappa shape index (κ1) is 11.4. The van der Waals surface area contributed by atoms with Crippen LogP contribution in [0.15, 0.2) is 41.4 Å². The van der Waals surface area contributed by atoms with Gasteiger partial charge in [0.15, 0.2) is 0 Å². The van der Waals surface area contributed by atoms with Crippen LogP contribution >= 0.6 is 22.9 Å². The molecule has 1 aromatic heterocycles. The van der Waals surface area contributed by atoms with Gasteiger partial charge in [-0.05, 0) is 6.07 Å². The molecule has 1 aliphatic rings. The van der Waals surface area contributed by atoms with Gasteiger partial charge in [0.25, 0.3) is 0 Å². The SMILES string of the molecule is O=C1CN=C(c2ccccc2)c2cc(Cl)sc2N1. The molecule has 0 bridgehead atoms. The lowest BCUT2D eigenvalue weighted by atomic mass is 10.0. The van der Waals surface area contributed by atoms with E-state index in [1.807, 2.05) is 36.4 Å². The number of rotatable bonds is 1. The largest absolute Gasteiger partial charge is 0.315 e. The molecule has 3 rings (SSSR count). The number of aliphatic imine (C=N–C) groups is 1. The lowest BCUT2D eigenvalue weighted by Crippen LogP contribution is -2.12. The second-order valence-electron chi connectivity index (χ2n) is 3.87. The van der Waals surface area contributed by atoms with Crippen molar-refractivity contribution in [3.8, 4) is 0 Å². The molecule has 90 valence electrons. The Morgan fingerprint density at radius 2 is 2.06 bits per heavy atom. The summed E-state index contributed by atoms with van der Waals surface area (Å²) in [5.41, 5.74) is 2.69. The highest BCUT2D eigenvalue weighted by molar-refractivity contribution is 7.20. The number of nitrogens with zero attached hydrogens (tertiary/aromatic N) is 1. The van der Waals surface area contributed by atoms with Gasteiger partial charge in [0.05, 0.1) is 10.0 Å². The van der Waals surface area contributed by atoms with Crippen LogP contribution in [0, 0.1) is 0 Å². The van der Waals surface area contributed by atoms with Crippen molar-refractivity contribution >= 4 is 39.6 Å². The molecule has 0 spiro atoms. The van der Waals surface area contributed by atoms with Crippen LogP contribution in [-0.4, -0.2) is 18.2 Å². The molecule has 1 N–H and O–H groups in total. The van der Waals surface area contributed by atoms with Crippen LogP contribution in [0.1, 0.15) is 11.1 Å². The van der Waals surface area contributed by atoms with Gasteiger partial charge < -0.3 is 5.32 Å². The minimum Gasteiger partial charge on any atom is -0.315 e. The van der Waals surface area contributed by atoms with Gasteiger partial charge >= 0.3 is 0 Å². The number of benzene rings is 1. The molecule has 0 radical (unpaired) electrons. The molecule has 0 saturated heterocycles. The summed E-state index contributed by atoms with van der Waals surface area (Å²) in [5, 5.41) is 3.59. The van der Waals surface area contributed by atoms with Gasteiger partial charge in [0, 0.05) is 11.1 Å². The Morgan fingerprint density at radius 1 is 1.28 bits per heavy atom. The Hall–Kier alpha value is -1.65. The third-order valence-corrected chi connectivity index (χ3v) is 3.82. The molecule has 1 aromatic carbocycles. The number of carbonyl (C=O) groups excluding carboxylic acids is 1. The van der Waals surface area contributed by atoms with Crippen molar-refractivity contribution in [3.63, 3.8) is 0 Å². The van der Waals surface area contributed by atoms with E-state index in [4.69, 9.17) is 11.6 Å². The lowest BCUT2D eigenvalue weighted by Gasteiger charge is -2.04. The molecule has 1 aliphatic heterocycles. The summed E-state index contributed by atoms with van der Waals surface area (Å²) in [6.07, 6.45) is 0. The molecule has 0 atom stereocenters. The smallest absolute Gasteiger partial charge is 0.246 e. The second kappa shape index (κ2) is 4.55. The lowest BCUT2D eigenvalue weighted by molar-refractivity contribution is -0.114. The van der Waals surface area contributed by atoms with E-state index in [1.165, 1.54) is 11.3 Å². The van der Waals surface area contributed by atoms with Gasteiger partial charge in [-0.3, -0.25) is 9.79 Å². The molecule has 18 heavy (non-hydrogen) atoms. The number of anilines is 1. The van der Waals surface area contributed by atoms with Crippen LogP contribution in [0.3, 0.4) is 0 Å². The molecular weight excluding hydrogens is 268 g/mol. The average molecular weight is 277 g/mol. The number of amides is 1. The number of hydrogen-bond donors (Lipinski definition) is 1. The van der Waals surface area contributed by atoms with Crippen molar-refractivity contribution in [3.05, 3.63) is 51.9 Å². The predicted molar refractivity (Wildman–Crippen MR) is 74.9 cm³/mol. The zero-order valence-electron chi connectivity index (χ0n) is 9.31. The van der Waals surface area contributed by atoms with E-state index in [9.17, 15) is 4.79 Å². The molecule has 2 heterocycles. The number of carbonyl (C=O) groups is 1. The third-order valence-electron chi connectivity index (χ3n) is 2.64. The summed E-state index contributed by atoms with van der Waals surface area (Å²) < 4.78 is 0.644. The first-order valence-corrected chi connectivity index (χ1v) is 6.63. The molecule has 1 amide bonds. The molecule has 0 aliphatic carbocycles. The second-order valence-corrected chi connectivity index (χ2v) is 5.56. The van der Waals surface area contributed by atoms with Crippen LogP contribution in [0.4, 0.5) is 5.00 Å². The molecule has 0 fully saturated rings. The van der Waals surface area contributed by atoms with Gasteiger partial charge in [-0.1, -0.05) is 41.9 Å². The molecule has 0 unspecified atom stereocenters. The standard InChI is InChI=1S/C13H9ClN2OS/c14-10-6-9-12(8-4-2-1-3-5-8)15-7-11(17)16-13(9)18-10/h1-6H,7H2,(H,16,17). The third kappa shape index (κ3) is 2.05. The van der Waals surface area contributed by atoms with Crippen LogP contribution in [0.2, 0.25) is 4.34 Å². The predicted octanol–water partition coefficient (Wildman–Crippen LogP) is 3.19. The fourth-order valence-corrected chi connectivity index (χ4v) is 3.02. The van der Waals surface area contributed by atoms with Crippen molar-refractivity contribution in [1.29, 1.82) is 0 Å². The van der Waals surface area contributed by atoms with E-state index in [2.05, 4.69) is 10.3 Å². The Labute approximate surface area is 113 Å². The van der Waals surface area contributed by atoms with Gasteiger partial charge in [-0.15, -0.1) is 11.3 Å². The number of fused-ring (bicyclic) bond motifs is 1. The van der Waals surface area contributed by atoms with E-state index in [0.29, 0.717) is 4.34 Å².